The Bertz CT molecular complexity index is 411. The van der Waals surface area contributed by atoms with Gasteiger partial charge in [-0.1, -0.05) is 6.07 Å². The molecule has 0 bridgehead atoms. The molecule has 1 aromatic rings. The largest absolute Gasteiger partial charge is 0.486 e. The lowest BCUT2D eigenvalue weighted by Crippen LogP contribution is -2.24. The van der Waals surface area contributed by atoms with Crippen molar-refractivity contribution in [1.82, 2.24) is 5.32 Å². The van der Waals surface area contributed by atoms with Gasteiger partial charge in [0.2, 0.25) is 0 Å². The standard InChI is InChI=1S/C14H19NO2/c1-10-7-11(8-12-3-2-4-15-12)9-13-14(10)17-6-5-16-13/h7,9,12,15H,2-6,8H2,1H3. The van der Waals surface area contributed by atoms with E-state index in [1.807, 2.05) is 0 Å². The van der Waals surface area contributed by atoms with E-state index in [4.69, 9.17) is 9.47 Å². The third kappa shape index (κ3) is 2.25. The van der Waals surface area contributed by atoms with Crippen molar-refractivity contribution in [2.75, 3.05) is 19.8 Å². The molecule has 0 spiro atoms. The number of hydrogen-bond donors (Lipinski definition) is 1. The molecule has 92 valence electrons. The average molecular weight is 233 g/mol. The molecule has 1 atom stereocenters. The quantitative estimate of drug-likeness (QED) is 0.848. The molecule has 0 amide bonds. The van der Waals surface area contributed by atoms with Crippen molar-refractivity contribution in [2.24, 2.45) is 0 Å². The topological polar surface area (TPSA) is 30.5 Å². The first-order valence-corrected chi connectivity index (χ1v) is 6.45. The zero-order chi connectivity index (χ0) is 11.7. The Morgan fingerprint density at radius 3 is 3.00 bits per heavy atom. The molecule has 17 heavy (non-hydrogen) atoms. The van der Waals surface area contributed by atoms with E-state index in [1.54, 1.807) is 0 Å². The summed E-state index contributed by atoms with van der Waals surface area (Å²) in [6, 6.07) is 5.01. The van der Waals surface area contributed by atoms with Crippen LogP contribution in [0.3, 0.4) is 0 Å². The summed E-state index contributed by atoms with van der Waals surface area (Å²) in [6.45, 7) is 4.59. The Morgan fingerprint density at radius 2 is 2.18 bits per heavy atom. The van der Waals surface area contributed by atoms with Crippen molar-refractivity contribution in [3.63, 3.8) is 0 Å². The Labute approximate surface area is 102 Å². The number of hydrogen-bond acceptors (Lipinski definition) is 3. The first-order valence-electron chi connectivity index (χ1n) is 6.45. The van der Waals surface area contributed by atoms with Crippen molar-refractivity contribution in [2.45, 2.75) is 32.2 Å². The molecular weight excluding hydrogens is 214 g/mol. The molecule has 2 heterocycles. The third-order valence-corrected chi connectivity index (χ3v) is 3.53. The molecule has 3 heteroatoms. The van der Waals surface area contributed by atoms with Crippen molar-refractivity contribution >= 4 is 0 Å². The van der Waals surface area contributed by atoms with Crippen LogP contribution in [0.4, 0.5) is 0 Å². The van der Waals surface area contributed by atoms with E-state index in [9.17, 15) is 0 Å². The van der Waals surface area contributed by atoms with E-state index in [0.29, 0.717) is 19.3 Å². The number of aryl methyl sites for hydroxylation is 1. The Balaban J connectivity index is 1.82. The van der Waals surface area contributed by atoms with Crippen LogP contribution in [0, 0.1) is 6.92 Å². The third-order valence-electron chi connectivity index (χ3n) is 3.53. The van der Waals surface area contributed by atoms with Gasteiger partial charge in [-0.3, -0.25) is 0 Å². The molecule has 2 aliphatic heterocycles. The smallest absolute Gasteiger partial charge is 0.164 e. The van der Waals surface area contributed by atoms with Gasteiger partial charge in [-0.2, -0.15) is 0 Å². The molecule has 0 aromatic heterocycles. The molecule has 1 N–H and O–H groups in total. The van der Waals surface area contributed by atoms with Crippen molar-refractivity contribution < 1.29 is 9.47 Å². The summed E-state index contributed by atoms with van der Waals surface area (Å²) in [5.41, 5.74) is 2.54. The minimum Gasteiger partial charge on any atom is -0.486 e. The molecule has 2 aliphatic rings. The maximum Gasteiger partial charge on any atom is 0.164 e. The Kier molecular flexibility index (Phi) is 2.93. The number of benzene rings is 1. The molecule has 0 saturated carbocycles. The molecule has 0 aliphatic carbocycles. The van der Waals surface area contributed by atoms with Gasteiger partial charge in [0, 0.05) is 6.04 Å². The zero-order valence-corrected chi connectivity index (χ0v) is 10.3. The van der Waals surface area contributed by atoms with Gasteiger partial charge in [-0.15, -0.1) is 0 Å². The first kappa shape index (κ1) is 10.9. The summed E-state index contributed by atoms with van der Waals surface area (Å²) in [5.74, 6) is 1.85. The lowest BCUT2D eigenvalue weighted by molar-refractivity contribution is 0.170. The molecule has 0 radical (unpaired) electrons. The Morgan fingerprint density at radius 1 is 1.29 bits per heavy atom. The fraction of sp³-hybridized carbons (Fsp3) is 0.571. The van der Waals surface area contributed by atoms with Crippen LogP contribution in [0.25, 0.3) is 0 Å². The predicted octanol–water partition coefficient (Wildman–Crippen LogP) is 2.06. The summed E-state index contributed by atoms with van der Waals surface area (Å²) < 4.78 is 11.3. The molecule has 1 unspecified atom stereocenters. The second-order valence-corrected chi connectivity index (χ2v) is 4.93. The molecule has 3 rings (SSSR count). The minimum absolute atomic E-state index is 0.636. The highest BCUT2D eigenvalue weighted by molar-refractivity contribution is 5.49. The first-order chi connectivity index (χ1) is 8.33. The fourth-order valence-electron chi connectivity index (χ4n) is 2.73. The van der Waals surface area contributed by atoms with Crippen LogP contribution < -0.4 is 14.8 Å². The molecule has 3 nitrogen and oxygen atoms in total. The van der Waals surface area contributed by atoms with E-state index in [2.05, 4.69) is 24.4 Å². The van der Waals surface area contributed by atoms with Gasteiger partial charge in [-0.05, 0) is 49.9 Å². The van der Waals surface area contributed by atoms with Crippen LogP contribution in [-0.2, 0) is 6.42 Å². The molecule has 1 aromatic carbocycles. The highest BCUT2D eigenvalue weighted by atomic mass is 16.6. The second-order valence-electron chi connectivity index (χ2n) is 4.93. The average Bonchev–Trinajstić information content (AvgIpc) is 2.82. The van der Waals surface area contributed by atoms with Crippen LogP contribution in [0.2, 0.25) is 0 Å². The monoisotopic (exact) mass is 233 g/mol. The van der Waals surface area contributed by atoms with Crippen LogP contribution in [-0.4, -0.2) is 25.8 Å². The van der Waals surface area contributed by atoms with Crippen LogP contribution in [0.1, 0.15) is 24.0 Å². The summed E-state index contributed by atoms with van der Waals surface area (Å²) in [5, 5.41) is 3.53. The summed E-state index contributed by atoms with van der Waals surface area (Å²) in [7, 11) is 0. The minimum atomic E-state index is 0.636. The maximum atomic E-state index is 5.66. The van der Waals surface area contributed by atoms with Crippen molar-refractivity contribution in [1.29, 1.82) is 0 Å². The number of nitrogens with one attached hydrogen (secondary N) is 1. The van der Waals surface area contributed by atoms with Gasteiger partial charge in [0.05, 0.1) is 0 Å². The molecule has 1 saturated heterocycles. The fourth-order valence-corrected chi connectivity index (χ4v) is 2.73. The van der Waals surface area contributed by atoms with Crippen molar-refractivity contribution in [3.05, 3.63) is 23.3 Å². The normalized spacial score (nSPS) is 22.8. The number of fused-ring (bicyclic) bond motifs is 1. The maximum absolute atomic E-state index is 5.66. The highest BCUT2D eigenvalue weighted by Crippen LogP contribution is 2.35. The lowest BCUT2D eigenvalue weighted by Gasteiger charge is -2.21. The zero-order valence-electron chi connectivity index (χ0n) is 10.3. The van der Waals surface area contributed by atoms with E-state index < -0.39 is 0 Å². The highest BCUT2D eigenvalue weighted by Gasteiger charge is 2.18. The van der Waals surface area contributed by atoms with Gasteiger partial charge in [0.15, 0.2) is 11.5 Å². The van der Waals surface area contributed by atoms with Gasteiger partial charge >= 0.3 is 0 Å². The van der Waals surface area contributed by atoms with Gasteiger partial charge < -0.3 is 14.8 Å². The lowest BCUT2D eigenvalue weighted by atomic mass is 10.0. The van der Waals surface area contributed by atoms with Crippen LogP contribution in [0.15, 0.2) is 12.1 Å². The van der Waals surface area contributed by atoms with Crippen LogP contribution >= 0.6 is 0 Å². The number of rotatable bonds is 2. The van der Waals surface area contributed by atoms with E-state index in [0.717, 1.165) is 24.5 Å². The van der Waals surface area contributed by atoms with Gasteiger partial charge in [0.1, 0.15) is 13.2 Å². The molecule has 1 fully saturated rings. The predicted molar refractivity (Wildman–Crippen MR) is 66.9 cm³/mol. The van der Waals surface area contributed by atoms with E-state index >= 15 is 0 Å². The summed E-state index contributed by atoms with van der Waals surface area (Å²) in [6.07, 6.45) is 3.68. The van der Waals surface area contributed by atoms with Crippen molar-refractivity contribution in [3.8, 4) is 11.5 Å². The number of ether oxygens (including phenoxy) is 2. The SMILES string of the molecule is Cc1cc(CC2CCCN2)cc2c1OCCO2. The van der Waals surface area contributed by atoms with E-state index in [1.165, 1.54) is 24.0 Å². The summed E-state index contributed by atoms with van der Waals surface area (Å²) in [4.78, 5) is 0. The van der Waals surface area contributed by atoms with Crippen LogP contribution in [0.5, 0.6) is 11.5 Å². The summed E-state index contributed by atoms with van der Waals surface area (Å²) >= 11 is 0. The van der Waals surface area contributed by atoms with Gasteiger partial charge in [0.25, 0.3) is 0 Å². The van der Waals surface area contributed by atoms with E-state index in [-0.39, 0.29) is 0 Å². The Hall–Kier alpha value is -1.22. The van der Waals surface area contributed by atoms with Gasteiger partial charge in [-0.25, -0.2) is 0 Å². The molecular formula is C14H19NO2. The second kappa shape index (κ2) is 4.57.